The van der Waals surface area contributed by atoms with Gasteiger partial charge < -0.3 is 14.0 Å². The van der Waals surface area contributed by atoms with Crippen molar-refractivity contribution < 1.29 is 9.32 Å². The molecule has 3 aromatic heterocycles. The highest BCUT2D eigenvalue weighted by Gasteiger charge is 2.29. The van der Waals surface area contributed by atoms with E-state index in [0.29, 0.717) is 36.3 Å². The van der Waals surface area contributed by atoms with Gasteiger partial charge in [-0.15, -0.1) is 22.0 Å². The van der Waals surface area contributed by atoms with Crippen molar-refractivity contribution in [3.63, 3.8) is 0 Å². The highest BCUT2D eigenvalue weighted by Crippen LogP contribution is 2.26. The Morgan fingerprint density at radius 2 is 2.26 bits per heavy atom. The number of carbonyl (C=O) groups is 1. The number of fused-ring (bicyclic) bond motifs is 1. The maximum atomic E-state index is 12.6. The minimum Gasteiger partial charge on any atom is -0.338 e. The SMILES string of the molecule is Cc1noc(CSCC(=O)N2Cc3nnc(-c4ccccn4)n3[C@@H](C)C2)n1. The lowest BCUT2D eigenvalue weighted by atomic mass is 10.2. The molecule has 27 heavy (non-hydrogen) atoms. The molecule has 0 aromatic carbocycles. The average Bonchev–Trinajstić information content (AvgIpc) is 3.29. The first-order valence-corrected chi connectivity index (χ1v) is 9.77. The van der Waals surface area contributed by atoms with Crippen LogP contribution in [0, 0.1) is 6.92 Å². The second kappa shape index (κ2) is 7.47. The molecule has 0 radical (unpaired) electrons. The van der Waals surface area contributed by atoms with Crippen molar-refractivity contribution >= 4 is 17.7 Å². The summed E-state index contributed by atoms with van der Waals surface area (Å²) in [5.74, 6) is 3.61. The molecule has 1 amide bonds. The zero-order valence-electron chi connectivity index (χ0n) is 15.1. The average molecular weight is 385 g/mol. The number of aryl methyl sites for hydroxylation is 1. The molecule has 0 spiro atoms. The van der Waals surface area contributed by atoms with E-state index in [2.05, 4.69) is 36.8 Å². The lowest BCUT2D eigenvalue weighted by Crippen LogP contribution is -2.41. The number of carbonyl (C=O) groups excluding carboxylic acids is 1. The summed E-state index contributed by atoms with van der Waals surface area (Å²) in [6.07, 6.45) is 1.74. The molecule has 1 aliphatic rings. The molecule has 9 nitrogen and oxygen atoms in total. The Kier molecular flexibility index (Phi) is 4.88. The van der Waals surface area contributed by atoms with Gasteiger partial charge in [0.1, 0.15) is 5.69 Å². The van der Waals surface area contributed by atoms with Crippen LogP contribution in [-0.4, -0.2) is 53.0 Å². The largest absolute Gasteiger partial charge is 0.338 e. The Bertz CT molecular complexity index is 940. The van der Waals surface area contributed by atoms with Crippen LogP contribution in [0.4, 0.5) is 0 Å². The van der Waals surface area contributed by atoms with Crippen molar-refractivity contribution in [3.05, 3.63) is 41.9 Å². The maximum Gasteiger partial charge on any atom is 0.236 e. The lowest BCUT2D eigenvalue weighted by molar-refractivity contribution is -0.130. The lowest BCUT2D eigenvalue weighted by Gasteiger charge is -2.32. The summed E-state index contributed by atoms with van der Waals surface area (Å²) >= 11 is 1.47. The Morgan fingerprint density at radius 1 is 1.37 bits per heavy atom. The second-order valence-electron chi connectivity index (χ2n) is 6.38. The third-order valence-corrected chi connectivity index (χ3v) is 5.19. The van der Waals surface area contributed by atoms with Gasteiger partial charge in [0.15, 0.2) is 17.5 Å². The normalized spacial score (nSPS) is 16.4. The number of pyridine rings is 1. The highest BCUT2D eigenvalue weighted by atomic mass is 32.2. The van der Waals surface area contributed by atoms with Crippen molar-refractivity contribution in [2.45, 2.75) is 32.2 Å². The summed E-state index contributed by atoms with van der Waals surface area (Å²) < 4.78 is 7.14. The summed E-state index contributed by atoms with van der Waals surface area (Å²) in [4.78, 5) is 22.9. The molecule has 1 aliphatic heterocycles. The smallest absolute Gasteiger partial charge is 0.236 e. The summed E-state index contributed by atoms with van der Waals surface area (Å²) in [6.45, 7) is 4.90. The zero-order valence-corrected chi connectivity index (χ0v) is 15.9. The topological polar surface area (TPSA) is 103 Å². The number of amides is 1. The van der Waals surface area contributed by atoms with E-state index in [0.717, 1.165) is 17.3 Å². The fraction of sp³-hybridized carbons (Fsp3) is 0.412. The molecule has 0 saturated heterocycles. The van der Waals surface area contributed by atoms with Gasteiger partial charge in [0.2, 0.25) is 11.8 Å². The van der Waals surface area contributed by atoms with Gasteiger partial charge in [-0.1, -0.05) is 11.2 Å². The van der Waals surface area contributed by atoms with E-state index >= 15 is 0 Å². The number of aromatic nitrogens is 6. The van der Waals surface area contributed by atoms with Crippen LogP contribution in [0.15, 0.2) is 28.9 Å². The molecule has 0 unspecified atom stereocenters. The first-order chi connectivity index (χ1) is 13.1. The monoisotopic (exact) mass is 385 g/mol. The summed E-state index contributed by atoms with van der Waals surface area (Å²) in [5, 5.41) is 12.3. The Labute approximate surface area is 160 Å². The molecule has 0 saturated carbocycles. The van der Waals surface area contributed by atoms with Crippen LogP contribution in [0.3, 0.4) is 0 Å². The van der Waals surface area contributed by atoms with Gasteiger partial charge in [0.05, 0.1) is 24.1 Å². The van der Waals surface area contributed by atoms with Gasteiger partial charge in [-0.25, -0.2) is 0 Å². The van der Waals surface area contributed by atoms with Crippen LogP contribution >= 0.6 is 11.8 Å². The van der Waals surface area contributed by atoms with E-state index in [4.69, 9.17) is 4.52 Å². The van der Waals surface area contributed by atoms with E-state index in [1.807, 2.05) is 23.1 Å². The molecule has 0 bridgehead atoms. The Balaban J connectivity index is 1.41. The van der Waals surface area contributed by atoms with Crippen molar-refractivity contribution in [2.75, 3.05) is 12.3 Å². The van der Waals surface area contributed by atoms with Crippen molar-refractivity contribution in [3.8, 4) is 11.5 Å². The van der Waals surface area contributed by atoms with E-state index in [-0.39, 0.29) is 11.9 Å². The molecular weight excluding hydrogens is 366 g/mol. The molecule has 0 N–H and O–H groups in total. The standard InChI is InChI=1S/C17H19N7O2S/c1-11-7-23(16(25)10-27-9-15-19-12(2)22-26-15)8-14-20-21-17(24(11)14)13-5-3-4-6-18-13/h3-6,11H,7-10H2,1-2H3/t11-/m0/s1. The van der Waals surface area contributed by atoms with Crippen LogP contribution in [0.1, 0.15) is 30.5 Å². The van der Waals surface area contributed by atoms with Crippen molar-refractivity contribution in [1.82, 2.24) is 34.8 Å². The highest BCUT2D eigenvalue weighted by molar-refractivity contribution is 7.99. The first kappa shape index (κ1) is 17.7. The Hall–Kier alpha value is -2.75. The first-order valence-electron chi connectivity index (χ1n) is 8.61. The molecule has 1 atom stereocenters. The van der Waals surface area contributed by atoms with E-state index in [9.17, 15) is 4.79 Å². The van der Waals surface area contributed by atoms with Crippen molar-refractivity contribution in [1.29, 1.82) is 0 Å². The minimum atomic E-state index is 0.0664. The number of nitrogens with zero attached hydrogens (tertiary/aromatic N) is 7. The second-order valence-corrected chi connectivity index (χ2v) is 7.36. The number of thioether (sulfide) groups is 1. The van der Waals surface area contributed by atoms with Crippen LogP contribution in [0.2, 0.25) is 0 Å². The minimum absolute atomic E-state index is 0.0664. The van der Waals surface area contributed by atoms with E-state index in [1.54, 1.807) is 13.1 Å². The third kappa shape index (κ3) is 3.70. The fourth-order valence-electron chi connectivity index (χ4n) is 3.11. The third-order valence-electron chi connectivity index (χ3n) is 4.29. The van der Waals surface area contributed by atoms with Gasteiger partial charge in [0.25, 0.3) is 0 Å². The number of rotatable bonds is 5. The predicted molar refractivity (Wildman–Crippen MR) is 98.6 cm³/mol. The molecule has 0 fully saturated rings. The quantitative estimate of drug-likeness (QED) is 0.656. The molecule has 3 aromatic rings. The van der Waals surface area contributed by atoms with Crippen molar-refractivity contribution in [2.24, 2.45) is 0 Å². The summed E-state index contributed by atoms with van der Waals surface area (Å²) in [5.41, 5.74) is 0.785. The number of hydrogen-bond donors (Lipinski definition) is 0. The molecular formula is C17H19N7O2S. The van der Waals surface area contributed by atoms with Gasteiger partial charge >= 0.3 is 0 Å². The summed E-state index contributed by atoms with van der Waals surface area (Å²) in [6, 6.07) is 5.79. The van der Waals surface area contributed by atoms with Crippen LogP contribution in [0.25, 0.3) is 11.5 Å². The maximum absolute atomic E-state index is 12.6. The van der Waals surface area contributed by atoms with Gasteiger partial charge in [-0.05, 0) is 26.0 Å². The molecule has 4 heterocycles. The van der Waals surface area contributed by atoms with E-state index in [1.165, 1.54) is 11.8 Å². The molecule has 140 valence electrons. The van der Waals surface area contributed by atoms with E-state index < -0.39 is 0 Å². The van der Waals surface area contributed by atoms with Gasteiger partial charge in [0, 0.05) is 12.7 Å². The van der Waals surface area contributed by atoms with Gasteiger partial charge in [-0.2, -0.15) is 4.98 Å². The Morgan fingerprint density at radius 3 is 3.00 bits per heavy atom. The van der Waals surface area contributed by atoms with Gasteiger partial charge in [-0.3, -0.25) is 9.78 Å². The number of hydrogen-bond acceptors (Lipinski definition) is 8. The van der Waals surface area contributed by atoms with Crippen LogP contribution in [0.5, 0.6) is 0 Å². The zero-order chi connectivity index (χ0) is 18.8. The van der Waals surface area contributed by atoms with Crippen LogP contribution < -0.4 is 0 Å². The van der Waals surface area contributed by atoms with Crippen LogP contribution in [-0.2, 0) is 17.1 Å². The molecule has 10 heteroatoms. The predicted octanol–water partition coefficient (Wildman–Crippen LogP) is 1.87. The molecule has 4 rings (SSSR count). The summed E-state index contributed by atoms with van der Waals surface area (Å²) in [7, 11) is 0. The fourth-order valence-corrected chi connectivity index (χ4v) is 3.86. The molecule has 0 aliphatic carbocycles.